The molecular formula is C7H13N. The van der Waals surface area contributed by atoms with E-state index in [0.29, 0.717) is 0 Å². The van der Waals surface area contributed by atoms with E-state index in [1.54, 1.807) is 0 Å². The normalized spacial score (nSPS) is 29.8. The topological polar surface area (TPSA) is 12.4 Å². The molecule has 0 aromatic rings. The number of hydrogen-bond donors (Lipinski definition) is 0. The Morgan fingerprint density at radius 1 is 1.62 bits per heavy atom. The fourth-order valence-corrected chi connectivity index (χ4v) is 1.02. The summed E-state index contributed by atoms with van der Waals surface area (Å²) in [6, 6.07) is 0. The molecule has 0 amide bonds. The van der Waals surface area contributed by atoms with Crippen molar-refractivity contribution in [3.05, 3.63) is 0 Å². The van der Waals surface area contributed by atoms with Crippen molar-refractivity contribution in [2.45, 2.75) is 26.7 Å². The van der Waals surface area contributed by atoms with Gasteiger partial charge in [0.05, 0.1) is 0 Å². The zero-order chi connectivity index (χ0) is 5.98. The average Bonchev–Trinajstić information content (AvgIpc) is 1.77. The van der Waals surface area contributed by atoms with Crippen LogP contribution in [0.25, 0.3) is 0 Å². The summed E-state index contributed by atoms with van der Waals surface area (Å²) >= 11 is 0. The second-order valence-corrected chi connectivity index (χ2v) is 2.57. The summed E-state index contributed by atoms with van der Waals surface area (Å²) in [5.74, 6) is 0.753. The zero-order valence-corrected chi connectivity index (χ0v) is 5.65. The lowest BCUT2D eigenvalue weighted by molar-refractivity contribution is 0.607. The lowest BCUT2D eigenvalue weighted by atomic mass is 9.98. The van der Waals surface area contributed by atoms with E-state index >= 15 is 0 Å². The van der Waals surface area contributed by atoms with Gasteiger partial charge in [0, 0.05) is 12.3 Å². The molecule has 46 valence electrons. The van der Waals surface area contributed by atoms with Gasteiger partial charge in [-0.2, -0.15) is 0 Å². The van der Waals surface area contributed by atoms with E-state index in [1.165, 1.54) is 18.6 Å². The van der Waals surface area contributed by atoms with Crippen LogP contribution in [0.1, 0.15) is 26.7 Å². The Bertz CT molecular complexity index is 105. The number of aliphatic imine (C=N–C) groups is 1. The Hall–Kier alpha value is -0.330. The maximum Gasteiger partial charge on any atom is 0.0388 e. The van der Waals surface area contributed by atoms with Gasteiger partial charge in [-0.25, -0.2) is 0 Å². The number of nitrogens with zero attached hydrogens (tertiary/aromatic N) is 1. The first-order valence-corrected chi connectivity index (χ1v) is 3.31. The third kappa shape index (κ3) is 1.09. The van der Waals surface area contributed by atoms with Gasteiger partial charge in [-0.15, -0.1) is 0 Å². The average molecular weight is 111 g/mol. The fourth-order valence-electron chi connectivity index (χ4n) is 1.02. The lowest BCUT2D eigenvalue weighted by Gasteiger charge is -2.14. The molecule has 0 aromatic heterocycles. The largest absolute Gasteiger partial charge is 0.294 e. The lowest BCUT2D eigenvalue weighted by Crippen LogP contribution is -2.12. The van der Waals surface area contributed by atoms with Crippen LogP contribution in [0.5, 0.6) is 0 Å². The Morgan fingerprint density at radius 3 is 2.75 bits per heavy atom. The van der Waals surface area contributed by atoms with E-state index in [-0.39, 0.29) is 0 Å². The molecule has 0 aliphatic carbocycles. The third-order valence-electron chi connectivity index (χ3n) is 1.87. The first kappa shape index (κ1) is 5.80. The molecule has 0 bridgehead atoms. The highest BCUT2D eigenvalue weighted by molar-refractivity contribution is 5.84. The molecule has 0 N–H and O–H groups in total. The Morgan fingerprint density at radius 2 is 2.38 bits per heavy atom. The van der Waals surface area contributed by atoms with Crippen molar-refractivity contribution in [1.29, 1.82) is 0 Å². The van der Waals surface area contributed by atoms with Crippen LogP contribution >= 0.6 is 0 Å². The standard InChI is InChI=1S/C7H13N/c1-6-4-3-5-8-7(6)2/h6H,3-5H2,1-2H3. The highest BCUT2D eigenvalue weighted by atomic mass is 14.7. The summed E-state index contributed by atoms with van der Waals surface area (Å²) in [6.45, 7) is 5.44. The van der Waals surface area contributed by atoms with E-state index in [2.05, 4.69) is 18.8 Å². The van der Waals surface area contributed by atoms with E-state index in [9.17, 15) is 0 Å². The highest BCUT2D eigenvalue weighted by Crippen LogP contribution is 2.12. The predicted molar refractivity (Wildman–Crippen MR) is 36.4 cm³/mol. The summed E-state index contributed by atoms with van der Waals surface area (Å²) in [6.07, 6.45) is 2.63. The van der Waals surface area contributed by atoms with Crippen LogP contribution in [0, 0.1) is 5.92 Å². The van der Waals surface area contributed by atoms with Gasteiger partial charge >= 0.3 is 0 Å². The van der Waals surface area contributed by atoms with Gasteiger partial charge in [-0.05, 0) is 25.7 Å². The van der Waals surface area contributed by atoms with E-state index in [0.717, 1.165) is 12.5 Å². The molecule has 0 fully saturated rings. The quantitative estimate of drug-likeness (QED) is 0.452. The summed E-state index contributed by atoms with van der Waals surface area (Å²) < 4.78 is 0. The molecule has 0 aromatic carbocycles. The highest BCUT2D eigenvalue weighted by Gasteiger charge is 2.08. The van der Waals surface area contributed by atoms with Crippen molar-refractivity contribution in [1.82, 2.24) is 0 Å². The molecule has 1 unspecified atom stereocenters. The molecule has 0 saturated carbocycles. The monoisotopic (exact) mass is 111 g/mol. The molecule has 1 aliphatic heterocycles. The molecule has 1 heterocycles. The van der Waals surface area contributed by atoms with Crippen LogP contribution in [0.3, 0.4) is 0 Å². The first-order chi connectivity index (χ1) is 3.80. The molecule has 0 radical (unpaired) electrons. The van der Waals surface area contributed by atoms with Crippen LogP contribution in [-0.2, 0) is 0 Å². The fraction of sp³-hybridized carbons (Fsp3) is 0.857. The maximum absolute atomic E-state index is 4.33. The second-order valence-electron chi connectivity index (χ2n) is 2.57. The van der Waals surface area contributed by atoms with Gasteiger partial charge in [0.25, 0.3) is 0 Å². The summed E-state index contributed by atoms with van der Waals surface area (Å²) in [7, 11) is 0. The number of rotatable bonds is 0. The predicted octanol–water partition coefficient (Wildman–Crippen LogP) is 1.88. The van der Waals surface area contributed by atoms with Crippen molar-refractivity contribution in [3.63, 3.8) is 0 Å². The Kier molecular flexibility index (Phi) is 1.66. The third-order valence-corrected chi connectivity index (χ3v) is 1.87. The van der Waals surface area contributed by atoms with Crippen molar-refractivity contribution in [2.24, 2.45) is 10.9 Å². The maximum atomic E-state index is 4.33. The van der Waals surface area contributed by atoms with Gasteiger partial charge in [0.2, 0.25) is 0 Å². The van der Waals surface area contributed by atoms with Gasteiger partial charge in [0.15, 0.2) is 0 Å². The minimum absolute atomic E-state index is 0.753. The van der Waals surface area contributed by atoms with Crippen molar-refractivity contribution in [3.8, 4) is 0 Å². The van der Waals surface area contributed by atoms with E-state index in [1.807, 2.05) is 0 Å². The van der Waals surface area contributed by atoms with Crippen LogP contribution < -0.4 is 0 Å². The van der Waals surface area contributed by atoms with Gasteiger partial charge in [0.1, 0.15) is 0 Å². The minimum Gasteiger partial charge on any atom is -0.294 e. The van der Waals surface area contributed by atoms with Crippen LogP contribution in [0.15, 0.2) is 4.99 Å². The molecule has 0 saturated heterocycles. The van der Waals surface area contributed by atoms with Gasteiger partial charge in [-0.3, -0.25) is 4.99 Å². The summed E-state index contributed by atoms with van der Waals surface area (Å²) in [5.41, 5.74) is 1.34. The Labute approximate surface area is 50.8 Å². The molecule has 1 nitrogen and oxygen atoms in total. The van der Waals surface area contributed by atoms with Crippen LogP contribution in [-0.4, -0.2) is 12.3 Å². The van der Waals surface area contributed by atoms with Gasteiger partial charge in [-0.1, -0.05) is 6.92 Å². The van der Waals surface area contributed by atoms with Crippen molar-refractivity contribution in [2.75, 3.05) is 6.54 Å². The molecule has 0 spiro atoms. The van der Waals surface area contributed by atoms with Gasteiger partial charge < -0.3 is 0 Å². The van der Waals surface area contributed by atoms with Crippen LogP contribution in [0.4, 0.5) is 0 Å². The SMILES string of the molecule is CC1=NCCCC1C. The van der Waals surface area contributed by atoms with Crippen molar-refractivity contribution < 1.29 is 0 Å². The summed E-state index contributed by atoms with van der Waals surface area (Å²) in [5, 5.41) is 0. The van der Waals surface area contributed by atoms with E-state index in [4.69, 9.17) is 0 Å². The molecule has 1 aliphatic rings. The minimum atomic E-state index is 0.753. The summed E-state index contributed by atoms with van der Waals surface area (Å²) in [4.78, 5) is 4.33. The van der Waals surface area contributed by atoms with E-state index < -0.39 is 0 Å². The zero-order valence-electron chi connectivity index (χ0n) is 5.65. The Balaban J connectivity index is 2.53. The number of hydrogen-bond acceptors (Lipinski definition) is 1. The molecule has 1 heteroatoms. The van der Waals surface area contributed by atoms with Crippen molar-refractivity contribution >= 4 is 5.71 Å². The molecule has 8 heavy (non-hydrogen) atoms. The van der Waals surface area contributed by atoms with Crippen LogP contribution in [0.2, 0.25) is 0 Å². The first-order valence-electron chi connectivity index (χ1n) is 3.31. The second kappa shape index (κ2) is 2.29. The molecular weight excluding hydrogens is 98.1 g/mol. The molecule has 1 atom stereocenters. The molecule has 1 rings (SSSR count). The smallest absolute Gasteiger partial charge is 0.0388 e.